The fourth-order valence-corrected chi connectivity index (χ4v) is 3.74. The number of hydrogen-bond donors (Lipinski definition) is 1. The van der Waals surface area contributed by atoms with Gasteiger partial charge in [0.15, 0.2) is 0 Å². The maximum atomic E-state index is 6.12. The quantitative estimate of drug-likeness (QED) is 0.690. The van der Waals surface area contributed by atoms with Crippen molar-refractivity contribution >= 4 is 0 Å². The molecule has 2 atom stereocenters. The Bertz CT molecular complexity index is 220. The lowest BCUT2D eigenvalue weighted by atomic mass is 9.80. The van der Waals surface area contributed by atoms with E-state index in [2.05, 4.69) is 11.8 Å². The molecule has 1 aliphatic carbocycles. The summed E-state index contributed by atoms with van der Waals surface area (Å²) in [6.07, 6.45) is 9.61. The van der Waals surface area contributed by atoms with Crippen LogP contribution in [-0.4, -0.2) is 28.6 Å². The van der Waals surface area contributed by atoms with Gasteiger partial charge < -0.3 is 5.73 Å². The molecular weight excluding hydrogens is 172 g/mol. The van der Waals surface area contributed by atoms with Crippen LogP contribution in [0.3, 0.4) is 0 Å². The van der Waals surface area contributed by atoms with Crippen molar-refractivity contribution in [2.45, 2.75) is 75.5 Å². The van der Waals surface area contributed by atoms with Crippen molar-refractivity contribution in [3.63, 3.8) is 0 Å². The molecule has 1 saturated carbocycles. The Hall–Kier alpha value is -0.0800. The molecule has 80 valence electrons. The van der Waals surface area contributed by atoms with Crippen LogP contribution in [0, 0.1) is 0 Å². The van der Waals surface area contributed by atoms with Crippen LogP contribution in [0.4, 0.5) is 0 Å². The van der Waals surface area contributed by atoms with E-state index in [9.17, 15) is 0 Å². The van der Waals surface area contributed by atoms with Gasteiger partial charge >= 0.3 is 0 Å². The molecule has 2 aliphatic heterocycles. The summed E-state index contributed by atoms with van der Waals surface area (Å²) in [5.41, 5.74) is 6.70. The highest BCUT2D eigenvalue weighted by Gasteiger charge is 2.51. The minimum atomic E-state index is 0.490. The summed E-state index contributed by atoms with van der Waals surface area (Å²) >= 11 is 0. The topological polar surface area (TPSA) is 29.3 Å². The van der Waals surface area contributed by atoms with Gasteiger partial charge in [0.25, 0.3) is 0 Å². The van der Waals surface area contributed by atoms with Crippen LogP contribution in [0.15, 0.2) is 0 Å². The lowest BCUT2D eigenvalue weighted by molar-refractivity contribution is -0.0100. The minimum Gasteiger partial charge on any atom is -0.328 e. The minimum absolute atomic E-state index is 0.490. The molecule has 2 N–H and O–H groups in total. The van der Waals surface area contributed by atoms with E-state index in [1.807, 2.05) is 0 Å². The molecule has 3 rings (SSSR count). The van der Waals surface area contributed by atoms with E-state index in [-0.39, 0.29) is 0 Å². The fraction of sp³-hybridized carbons (Fsp3) is 1.00. The third kappa shape index (κ3) is 1.31. The van der Waals surface area contributed by atoms with Gasteiger partial charge in [-0.1, -0.05) is 6.42 Å². The first-order valence-corrected chi connectivity index (χ1v) is 6.23. The van der Waals surface area contributed by atoms with E-state index in [0.29, 0.717) is 11.6 Å². The van der Waals surface area contributed by atoms with Crippen molar-refractivity contribution in [1.29, 1.82) is 0 Å². The Balaban J connectivity index is 1.83. The van der Waals surface area contributed by atoms with E-state index in [1.54, 1.807) is 0 Å². The van der Waals surface area contributed by atoms with Gasteiger partial charge in [0.1, 0.15) is 0 Å². The summed E-state index contributed by atoms with van der Waals surface area (Å²) in [5, 5.41) is 0. The molecule has 0 aromatic rings. The maximum absolute atomic E-state index is 6.12. The van der Waals surface area contributed by atoms with Gasteiger partial charge in [-0.3, -0.25) is 4.90 Å². The predicted octanol–water partition coefficient (Wildman–Crippen LogP) is 1.88. The first-order chi connectivity index (χ1) is 6.69. The van der Waals surface area contributed by atoms with Crippen LogP contribution in [0.1, 0.15) is 51.9 Å². The van der Waals surface area contributed by atoms with E-state index >= 15 is 0 Å². The molecule has 0 aromatic carbocycles. The largest absolute Gasteiger partial charge is 0.328 e. The van der Waals surface area contributed by atoms with Gasteiger partial charge in [0.2, 0.25) is 0 Å². The number of nitrogens with two attached hydrogens (primary N) is 1. The summed E-state index contributed by atoms with van der Waals surface area (Å²) in [4.78, 5) is 2.85. The highest BCUT2D eigenvalue weighted by atomic mass is 15.3. The van der Waals surface area contributed by atoms with Gasteiger partial charge in [-0.15, -0.1) is 0 Å². The lowest BCUT2D eigenvalue weighted by Crippen LogP contribution is -2.59. The van der Waals surface area contributed by atoms with E-state index in [0.717, 1.165) is 12.1 Å². The first-order valence-electron chi connectivity index (χ1n) is 6.23. The van der Waals surface area contributed by atoms with Crippen LogP contribution in [-0.2, 0) is 0 Å². The monoisotopic (exact) mass is 194 g/mol. The van der Waals surface area contributed by atoms with Gasteiger partial charge in [0, 0.05) is 23.7 Å². The molecule has 14 heavy (non-hydrogen) atoms. The highest BCUT2D eigenvalue weighted by Crippen LogP contribution is 2.49. The predicted molar refractivity (Wildman–Crippen MR) is 58.1 cm³/mol. The summed E-state index contributed by atoms with van der Waals surface area (Å²) in [7, 11) is 0. The molecule has 0 radical (unpaired) electrons. The van der Waals surface area contributed by atoms with E-state index in [1.165, 1.54) is 44.9 Å². The highest BCUT2D eigenvalue weighted by molar-refractivity contribution is 5.08. The molecule has 2 bridgehead atoms. The average Bonchev–Trinajstić information content (AvgIpc) is 2.82. The van der Waals surface area contributed by atoms with E-state index in [4.69, 9.17) is 5.73 Å². The normalized spacial score (nSPS) is 46.3. The number of fused-ring (bicyclic) bond motifs is 2. The summed E-state index contributed by atoms with van der Waals surface area (Å²) < 4.78 is 0. The second kappa shape index (κ2) is 2.96. The number of nitrogens with zero attached hydrogens (tertiary/aromatic N) is 1. The van der Waals surface area contributed by atoms with Gasteiger partial charge in [0.05, 0.1) is 0 Å². The molecule has 2 heterocycles. The molecule has 2 nitrogen and oxygen atoms in total. The van der Waals surface area contributed by atoms with Gasteiger partial charge in [-0.2, -0.15) is 0 Å². The van der Waals surface area contributed by atoms with Crippen molar-refractivity contribution in [2.24, 2.45) is 5.73 Å². The second-order valence-corrected chi connectivity index (χ2v) is 5.87. The van der Waals surface area contributed by atoms with Crippen molar-refractivity contribution in [3.05, 3.63) is 0 Å². The SMILES string of the molecule is CC1(N2C3CCCC2CC(N)C3)CC1. The molecule has 0 amide bonds. The van der Waals surface area contributed by atoms with Crippen LogP contribution in [0.5, 0.6) is 0 Å². The Morgan fingerprint density at radius 2 is 1.71 bits per heavy atom. The number of hydrogen-bond acceptors (Lipinski definition) is 2. The first kappa shape index (κ1) is 9.17. The van der Waals surface area contributed by atoms with Gasteiger partial charge in [-0.05, 0) is 45.4 Å². The molecule has 3 fully saturated rings. The van der Waals surface area contributed by atoms with Crippen molar-refractivity contribution in [3.8, 4) is 0 Å². The Labute approximate surface area is 86.8 Å². The summed E-state index contributed by atoms with van der Waals surface area (Å²) in [6.45, 7) is 2.45. The molecule has 2 heteroatoms. The molecule has 0 spiro atoms. The smallest absolute Gasteiger partial charge is 0.0188 e. The zero-order valence-electron chi connectivity index (χ0n) is 9.21. The number of rotatable bonds is 1. The molecule has 2 saturated heterocycles. The standard InChI is InChI=1S/C12H22N2/c1-12(5-6-12)14-10-3-2-4-11(14)8-9(13)7-10/h9-11H,2-8,13H2,1H3. The average molecular weight is 194 g/mol. The zero-order valence-corrected chi connectivity index (χ0v) is 9.21. The molecular formula is C12H22N2. The van der Waals surface area contributed by atoms with Crippen LogP contribution in [0.25, 0.3) is 0 Å². The third-order valence-corrected chi connectivity index (χ3v) is 4.61. The summed E-state index contributed by atoms with van der Waals surface area (Å²) in [6, 6.07) is 2.14. The molecule has 0 aromatic heterocycles. The maximum Gasteiger partial charge on any atom is 0.0188 e. The fourth-order valence-electron chi connectivity index (χ4n) is 3.74. The van der Waals surface area contributed by atoms with Crippen molar-refractivity contribution < 1.29 is 0 Å². The Morgan fingerprint density at radius 3 is 2.21 bits per heavy atom. The molecule has 3 aliphatic rings. The van der Waals surface area contributed by atoms with Crippen LogP contribution in [0.2, 0.25) is 0 Å². The number of piperidine rings is 2. The zero-order chi connectivity index (χ0) is 9.76. The van der Waals surface area contributed by atoms with Crippen LogP contribution < -0.4 is 5.73 Å². The Kier molecular flexibility index (Phi) is 1.94. The van der Waals surface area contributed by atoms with E-state index < -0.39 is 0 Å². The van der Waals surface area contributed by atoms with Crippen molar-refractivity contribution in [1.82, 2.24) is 4.90 Å². The van der Waals surface area contributed by atoms with Crippen molar-refractivity contribution in [2.75, 3.05) is 0 Å². The summed E-state index contributed by atoms with van der Waals surface area (Å²) in [5.74, 6) is 0. The molecule has 2 unspecified atom stereocenters. The lowest BCUT2D eigenvalue weighted by Gasteiger charge is -2.51. The Morgan fingerprint density at radius 1 is 1.14 bits per heavy atom. The second-order valence-electron chi connectivity index (χ2n) is 5.87. The van der Waals surface area contributed by atoms with Gasteiger partial charge in [-0.25, -0.2) is 0 Å². The third-order valence-electron chi connectivity index (χ3n) is 4.61. The van der Waals surface area contributed by atoms with Crippen LogP contribution >= 0.6 is 0 Å².